The van der Waals surface area contributed by atoms with Crippen LogP contribution >= 0.6 is 0 Å². The average Bonchev–Trinajstić information content (AvgIpc) is 3.58. The van der Waals surface area contributed by atoms with Crippen LogP contribution in [0, 0.1) is 0 Å². The molecular weight excluding hydrogens is 607 g/mol. The van der Waals surface area contributed by atoms with Crippen molar-refractivity contribution in [3.63, 3.8) is 0 Å². The van der Waals surface area contributed by atoms with Crippen molar-refractivity contribution in [1.82, 2.24) is 0 Å². The van der Waals surface area contributed by atoms with Crippen molar-refractivity contribution in [2.45, 2.75) is 0 Å². The number of fused-ring (bicyclic) bond motifs is 7. The molecule has 2 heteroatoms. The van der Waals surface area contributed by atoms with Crippen molar-refractivity contribution < 1.29 is 4.42 Å². The summed E-state index contributed by atoms with van der Waals surface area (Å²) in [5, 5.41) is 9.61. The molecule has 0 saturated carbocycles. The van der Waals surface area contributed by atoms with Crippen LogP contribution < -0.4 is 4.90 Å². The van der Waals surface area contributed by atoms with Crippen LogP contribution in [0.25, 0.3) is 76.5 Å². The highest BCUT2D eigenvalue weighted by molar-refractivity contribution is 6.17. The zero-order valence-corrected chi connectivity index (χ0v) is 27.3. The van der Waals surface area contributed by atoms with Crippen molar-refractivity contribution >= 4 is 71.3 Å². The number of benzene rings is 9. The predicted molar refractivity (Wildman–Crippen MR) is 212 cm³/mol. The Bertz CT molecular complexity index is 2870. The van der Waals surface area contributed by atoms with Gasteiger partial charge in [0, 0.05) is 22.3 Å². The van der Waals surface area contributed by atoms with Gasteiger partial charge in [-0.2, -0.15) is 0 Å². The van der Waals surface area contributed by atoms with Crippen molar-refractivity contribution in [2.75, 3.05) is 4.90 Å². The minimum atomic E-state index is 0.878. The van der Waals surface area contributed by atoms with Crippen LogP contribution in [0.1, 0.15) is 0 Å². The average molecular weight is 638 g/mol. The van der Waals surface area contributed by atoms with E-state index in [2.05, 4.69) is 187 Å². The van der Waals surface area contributed by atoms with Crippen molar-refractivity contribution in [1.29, 1.82) is 0 Å². The maximum Gasteiger partial charge on any atom is 0.145 e. The highest BCUT2D eigenvalue weighted by Gasteiger charge is 2.22. The molecular formula is C48H31NO. The Morgan fingerprint density at radius 3 is 1.82 bits per heavy atom. The number of anilines is 3. The first-order valence-electron chi connectivity index (χ1n) is 17.1. The monoisotopic (exact) mass is 637 g/mol. The molecule has 9 aromatic carbocycles. The van der Waals surface area contributed by atoms with Crippen LogP contribution in [-0.2, 0) is 0 Å². The largest absolute Gasteiger partial charge is 0.455 e. The standard InChI is InChI=1S/C48H31NO/c1-2-11-34(12-3-1)42-28-29-45(47-43-16-8-9-17-46(43)50-48(42)47)49(40-27-24-36-20-19-35-13-6-7-15-41(35)44(36)31-40)39-25-22-33(23-26-39)38-21-18-32-10-4-5-14-37(32)30-38/h1-31H. The molecule has 1 heterocycles. The third kappa shape index (κ3) is 4.65. The molecule has 0 aliphatic rings. The van der Waals surface area contributed by atoms with Gasteiger partial charge >= 0.3 is 0 Å². The summed E-state index contributed by atoms with van der Waals surface area (Å²) >= 11 is 0. The van der Waals surface area contributed by atoms with Crippen LogP contribution in [0.3, 0.4) is 0 Å². The van der Waals surface area contributed by atoms with Crippen LogP contribution in [0.15, 0.2) is 192 Å². The molecule has 234 valence electrons. The Balaban J connectivity index is 1.22. The van der Waals surface area contributed by atoms with Gasteiger partial charge in [0.2, 0.25) is 0 Å². The number of rotatable bonds is 5. The van der Waals surface area contributed by atoms with Gasteiger partial charge < -0.3 is 9.32 Å². The Labute approximate surface area is 290 Å². The summed E-state index contributed by atoms with van der Waals surface area (Å²) in [6.07, 6.45) is 0. The summed E-state index contributed by atoms with van der Waals surface area (Å²) in [7, 11) is 0. The van der Waals surface area contributed by atoms with Gasteiger partial charge in [-0.1, -0.05) is 140 Å². The molecule has 0 radical (unpaired) electrons. The van der Waals surface area contributed by atoms with E-state index in [4.69, 9.17) is 4.42 Å². The van der Waals surface area contributed by atoms with Crippen molar-refractivity contribution in [2.24, 2.45) is 0 Å². The summed E-state index contributed by atoms with van der Waals surface area (Å²) < 4.78 is 6.71. The molecule has 0 unspecified atom stereocenters. The first kappa shape index (κ1) is 28.4. The molecule has 0 saturated heterocycles. The molecule has 0 amide bonds. The molecule has 0 atom stereocenters. The van der Waals surface area contributed by atoms with Gasteiger partial charge in [-0.3, -0.25) is 0 Å². The fraction of sp³-hybridized carbons (Fsp3) is 0. The normalized spacial score (nSPS) is 11.6. The second kappa shape index (κ2) is 11.5. The molecule has 0 spiro atoms. The van der Waals surface area contributed by atoms with Gasteiger partial charge in [0.05, 0.1) is 11.1 Å². The Morgan fingerprint density at radius 1 is 0.360 bits per heavy atom. The van der Waals surface area contributed by atoms with Crippen molar-refractivity contribution in [3.8, 4) is 22.3 Å². The Hall–Kier alpha value is -6.64. The zero-order chi connectivity index (χ0) is 33.0. The quantitative estimate of drug-likeness (QED) is 0.175. The van der Waals surface area contributed by atoms with E-state index in [9.17, 15) is 0 Å². The lowest BCUT2D eigenvalue weighted by atomic mass is 9.98. The molecule has 0 fully saturated rings. The minimum Gasteiger partial charge on any atom is -0.455 e. The highest BCUT2D eigenvalue weighted by Crippen LogP contribution is 2.47. The lowest BCUT2D eigenvalue weighted by Crippen LogP contribution is -2.10. The summed E-state index contributed by atoms with van der Waals surface area (Å²) in [6.45, 7) is 0. The molecule has 0 bridgehead atoms. The minimum absolute atomic E-state index is 0.878. The van der Waals surface area contributed by atoms with E-state index >= 15 is 0 Å². The number of para-hydroxylation sites is 1. The molecule has 50 heavy (non-hydrogen) atoms. The van der Waals surface area contributed by atoms with E-state index in [0.717, 1.165) is 50.1 Å². The fourth-order valence-corrected chi connectivity index (χ4v) is 7.57. The topological polar surface area (TPSA) is 16.4 Å². The van der Waals surface area contributed by atoms with Crippen LogP contribution in [0.5, 0.6) is 0 Å². The van der Waals surface area contributed by atoms with E-state index in [1.54, 1.807) is 0 Å². The predicted octanol–water partition coefficient (Wildman–Crippen LogP) is 13.8. The lowest BCUT2D eigenvalue weighted by molar-refractivity contribution is 0.670. The third-order valence-corrected chi connectivity index (χ3v) is 10.0. The third-order valence-electron chi connectivity index (χ3n) is 10.0. The van der Waals surface area contributed by atoms with E-state index in [1.165, 1.54) is 43.4 Å². The van der Waals surface area contributed by atoms with E-state index in [-0.39, 0.29) is 0 Å². The molecule has 2 nitrogen and oxygen atoms in total. The highest BCUT2D eigenvalue weighted by atomic mass is 16.3. The van der Waals surface area contributed by atoms with Crippen LogP contribution in [0.2, 0.25) is 0 Å². The van der Waals surface area contributed by atoms with Crippen molar-refractivity contribution in [3.05, 3.63) is 188 Å². The summed E-state index contributed by atoms with van der Waals surface area (Å²) in [5.41, 5.74) is 9.60. The number of nitrogens with zero attached hydrogens (tertiary/aromatic N) is 1. The second-order valence-electron chi connectivity index (χ2n) is 12.9. The zero-order valence-electron chi connectivity index (χ0n) is 27.3. The van der Waals surface area contributed by atoms with Gasteiger partial charge in [0.1, 0.15) is 11.2 Å². The molecule has 0 N–H and O–H groups in total. The van der Waals surface area contributed by atoms with Gasteiger partial charge in [0.15, 0.2) is 0 Å². The van der Waals surface area contributed by atoms with E-state index in [0.29, 0.717) is 0 Å². The summed E-state index contributed by atoms with van der Waals surface area (Å²) in [6, 6.07) is 67.5. The summed E-state index contributed by atoms with van der Waals surface area (Å²) in [4.78, 5) is 2.39. The molecule has 0 aliphatic heterocycles. The SMILES string of the molecule is c1ccc(-c2ccc(N(c3ccc(-c4ccc5ccccc5c4)cc3)c3ccc4ccc5ccccc5c4c3)c3c2oc2ccccc23)cc1. The Morgan fingerprint density at radius 2 is 0.980 bits per heavy atom. The van der Waals surface area contributed by atoms with Gasteiger partial charge in [-0.15, -0.1) is 0 Å². The van der Waals surface area contributed by atoms with Gasteiger partial charge in [0.25, 0.3) is 0 Å². The maximum atomic E-state index is 6.71. The molecule has 10 rings (SSSR count). The van der Waals surface area contributed by atoms with Gasteiger partial charge in [-0.05, 0) is 97.5 Å². The fourth-order valence-electron chi connectivity index (χ4n) is 7.57. The summed E-state index contributed by atoms with van der Waals surface area (Å²) in [5.74, 6) is 0. The lowest BCUT2D eigenvalue weighted by Gasteiger charge is -2.27. The molecule has 10 aromatic rings. The van der Waals surface area contributed by atoms with E-state index in [1.807, 2.05) is 6.07 Å². The van der Waals surface area contributed by atoms with Crippen LogP contribution in [0.4, 0.5) is 17.1 Å². The number of hydrogen-bond donors (Lipinski definition) is 0. The smallest absolute Gasteiger partial charge is 0.145 e. The maximum absolute atomic E-state index is 6.71. The first-order chi connectivity index (χ1) is 24.8. The Kier molecular flexibility index (Phi) is 6.53. The van der Waals surface area contributed by atoms with Gasteiger partial charge in [-0.25, -0.2) is 0 Å². The number of hydrogen-bond acceptors (Lipinski definition) is 2. The van der Waals surface area contributed by atoms with E-state index < -0.39 is 0 Å². The molecule has 1 aromatic heterocycles. The first-order valence-corrected chi connectivity index (χ1v) is 17.1. The molecule has 0 aliphatic carbocycles. The second-order valence-corrected chi connectivity index (χ2v) is 12.9. The van der Waals surface area contributed by atoms with Crippen LogP contribution in [-0.4, -0.2) is 0 Å². The number of furan rings is 1.